The Kier molecular flexibility index (Phi) is 3.11. The minimum Gasteiger partial charge on any atom is -0.378 e. The summed E-state index contributed by atoms with van der Waals surface area (Å²) in [5.41, 5.74) is 5.77. The highest BCUT2D eigenvalue weighted by molar-refractivity contribution is 9.10. The van der Waals surface area contributed by atoms with Crippen LogP contribution in [0.25, 0.3) is 11.0 Å². The first-order valence-corrected chi connectivity index (χ1v) is 7.85. The highest BCUT2D eigenvalue weighted by Gasteiger charge is 2.23. The number of nitrogens with one attached hydrogen (secondary N) is 1. The number of halogens is 1. The summed E-state index contributed by atoms with van der Waals surface area (Å²) in [5.74, 6) is 0. The van der Waals surface area contributed by atoms with Crippen LogP contribution in [0.3, 0.4) is 0 Å². The molecule has 0 amide bonds. The Balaban J connectivity index is 1.66. The zero-order valence-electron chi connectivity index (χ0n) is 11.4. The molecule has 1 N–H and O–H groups in total. The average molecular weight is 340 g/mol. The van der Waals surface area contributed by atoms with E-state index in [-0.39, 0.29) is 0 Å². The number of fused-ring (bicyclic) bond motifs is 2. The molecule has 0 fully saturated rings. The number of benzene rings is 2. The average Bonchev–Trinajstić information content (AvgIpc) is 2.92. The van der Waals surface area contributed by atoms with Crippen LogP contribution in [0.5, 0.6) is 0 Å². The van der Waals surface area contributed by atoms with Crippen molar-refractivity contribution in [3.63, 3.8) is 0 Å². The summed E-state index contributed by atoms with van der Waals surface area (Å²) in [7, 11) is 0. The molecule has 1 aliphatic rings. The third-order valence-corrected chi connectivity index (χ3v) is 4.77. The van der Waals surface area contributed by atoms with Crippen molar-refractivity contribution in [2.45, 2.75) is 18.9 Å². The molecule has 1 unspecified atom stereocenters. The largest absolute Gasteiger partial charge is 0.378 e. The zero-order chi connectivity index (χ0) is 14.2. The fourth-order valence-corrected chi connectivity index (χ4v) is 3.59. The van der Waals surface area contributed by atoms with E-state index in [0.29, 0.717) is 6.04 Å². The van der Waals surface area contributed by atoms with Crippen molar-refractivity contribution in [1.82, 2.24) is 9.97 Å². The third-order valence-electron chi connectivity index (χ3n) is 4.02. The van der Waals surface area contributed by atoms with Crippen molar-refractivity contribution in [2.75, 3.05) is 5.32 Å². The van der Waals surface area contributed by atoms with Crippen LogP contribution in [0.2, 0.25) is 0 Å². The molecule has 104 valence electrons. The zero-order valence-corrected chi connectivity index (χ0v) is 13.0. The van der Waals surface area contributed by atoms with Gasteiger partial charge in [-0.05, 0) is 48.2 Å². The minimum absolute atomic E-state index is 0.367. The van der Waals surface area contributed by atoms with Crippen molar-refractivity contribution in [3.8, 4) is 0 Å². The summed E-state index contributed by atoms with van der Waals surface area (Å²) < 4.78 is 1.22. The van der Waals surface area contributed by atoms with Gasteiger partial charge in [-0.1, -0.05) is 28.1 Å². The van der Waals surface area contributed by atoms with Crippen molar-refractivity contribution in [3.05, 3.63) is 64.4 Å². The SMILES string of the molecule is Brc1cccc2c1CCC2Nc1ccc2nccnc2c1. The molecule has 1 aromatic heterocycles. The Morgan fingerprint density at radius 2 is 1.90 bits per heavy atom. The van der Waals surface area contributed by atoms with E-state index in [1.54, 1.807) is 12.4 Å². The lowest BCUT2D eigenvalue weighted by atomic mass is 10.1. The van der Waals surface area contributed by atoms with Crippen LogP contribution in [-0.4, -0.2) is 9.97 Å². The monoisotopic (exact) mass is 339 g/mol. The first kappa shape index (κ1) is 12.8. The Morgan fingerprint density at radius 3 is 2.81 bits per heavy atom. The van der Waals surface area contributed by atoms with Gasteiger partial charge in [-0.15, -0.1) is 0 Å². The molecule has 2 aromatic carbocycles. The van der Waals surface area contributed by atoms with Crippen LogP contribution in [0.1, 0.15) is 23.6 Å². The lowest BCUT2D eigenvalue weighted by Crippen LogP contribution is -2.07. The highest BCUT2D eigenvalue weighted by Crippen LogP contribution is 2.37. The van der Waals surface area contributed by atoms with Gasteiger partial charge in [0.2, 0.25) is 0 Å². The van der Waals surface area contributed by atoms with Crippen molar-refractivity contribution in [2.24, 2.45) is 0 Å². The molecule has 1 atom stereocenters. The second kappa shape index (κ2) is 5.11. The van der Waals surface area contributed by atoms with Gasteiger partial charge in [0.25, 0.3) is 0 Å². The van der Waals surface area contributed by atoms with E-state index in [0.717, 1.165) is 29.6 Å². The Morgan fingerprint density at radius 1 is 1.05 bits per heavy atom. The Hall–Kier alpha value is -1.94. The molecule has 4 heteroatoms. The molecule has 21 heavy (non-hydrogen) atoms. The molecule has 1 aliphatic carbocycles. The maximum Gasteiger partial charge on any atom is 0.0907 e. The molecule has 0 saturated carbocycles. The molecule has 0 spiro atoms. The van der Waals surface area contributed by atoms with E-state index in [4.69, 9.17) is 0 Å². The van der Waals surface area contributed by atoms with E-state index >= 15 is 0 Å². The number of hydrogen-bond acceptors (Lipinski definition) is 3. The standard InChI is InChI=1S/C17H14BrN3/c18-14-3-1-2-13-12(14)5-7-15(13)21-11-4-6-16-17(10-11)20-9-8-19-16/h1-4,6,8-10,15,21H,5,7H2. The van der Waals surface area contributed by atoms with Crippen LogP contribution in [-0.2, 0) is 6.42 Å². The molecule has 3 nitrogen and oxygen atoms in total. The predicted octanol–water partition coefficient (Wildman–Crippen LogP) is 4.49. The molecule has 0 bridgehead atoms. The number of hydrogen-bond donors (Lipinski definition) is 1. The van der Waals surface area contributed by atoms with Gasteiger partial charge in [0.15, 0.2) is 0 Å². The molecule has 4 rings (SSSR count). The molecular formula is C17H14BrN3. The summed E-state index contributed by atoms with van der Waals surface area (Å²) in [6.07, 6.45) is 5.69. The van der Waals surface area contributed by atoms with Gasteiger partial charge in [0.1, 0.15) is 0 Å². The first-order valence-electron chi connectivity index (χ1n) is 7.06. The van der Waals surface area contributed by atoms with Crippen molar-refractivity contribution in [1.29, 1.82) is 0 Å². The van der Waals surface area contributed by atoms with Gasteiger partial charge in [0, 0.05) is 22.6 Å². The molecule has 0 aliphatic heterocycles. The van der Waals surface area contributed by atoms with Crippen LogP contribution < -0.4 is 5.32 Å². The summed E-state index contributed by atoms with van der Waals surface area (Å²) >= 11 is 3.65. The summed E-state index contributed by atoms with van der Waals surface area (Å²) in [6, 6.07) is 13.0. The molecule has 1 heterocycles. The predicted molar refractivity (Wildman–Crippen MR) is 88.4 cm³/mol. The fraction of sp³-hybridized carbons (Fsp3) is 0.176. The number of anilines is 1. The van der Waals surface area contributed by atoms with E-state index in [2.05, 4.69) is 61.5 Å². The fourth-order valence-electron chi connectivity index (χ4n) is 3.01. The van der Waals surface area contributed by atoms with Gasteiger partial charge >= 0.3 is 0 Å². The molecular weight excluding hydrogens is 326 g/mol. The summed E-state index contributed by atoms with van der Waals surface area (Å²) in [6.45, 7) is 0. The lowest BCUT2D eigenvalue weighted by Gasteiger charge is -2.16. The van der Waals surface area contributed by atoms with Crippen molar-refractivity contribution < 1.29 is 0 Å². The van der Waals surface area contributed by atoms with Crippen molar-refractivity contribution >= 4 is 32.7 Å². The van der Waals surface area contributed by atoms with E-state index in [1.165, 1.54) is 15.6 Å². The lowest BCUT2D eigenvalue weighted by molar-refractivity contribution is 0.762. The number of nitrogens with zero attached hydrogens (tertiary/aromatic N) is 2. The highest BCUT2D eigenvalue weighted by atomic mass is 79.9. The van der Waals surface area contributed by atoms with E-state index in [9.17, 15) is 0 Å². The van der Waals surface area contributed by atoms with Crippen LogP contribution in [0.15, 0.2) is 53.3 Å². The second-order valence-corrected chi connectivity index (χ2v) is 6.16. The smallest absolute Gasteiger partial charge is 0.0907 e. The summed E-state index contributed by atoms with van der Waals surface area (Å²) in [5, 5.41) is 3.63. The Bertz CT molecular complexity index is 816. The van der Waals surface area contributed by atoms with E-state index < -0.39 is 0 Å². The Labute approximate surface area is 131 Å². The van der Waals surface area contributed by atoms with Crippen LogP contribution in [0, 0.1) is 0 Å². The normalized spacial score (nSPS) is 16.9. The van der Waals surface area contributed by atoms with Gasteiger partial charge < -0.3 is 5.32 Å². The van der Waals surface area contributed by atoms with Crippen LogP contribution >= 0.6 is 15.9 Å². The maximum absolute atomic E-state index is 4.36. The van der Waals surface area contributed by atoms with Gasteiger partial charge in [0.05, 0.1) is 17.1 Å². The topological polar surface area (TPSA) is 37.8 Å². The number of rotatable bonds is 2. The third kappa shape index (κ3) is 2.29. The molecule has 0 saturated heterocycles. The van der Waals surface area contributed by atoms with Gasteiger partial charge in [-0.2, -0.15) is 0 Å². The molecule has 3 aromatic rings. The first-order chi connectivity index (χ1) is 10.3. The maximum atomic E-state index is 4.36. The van der Waals surface area contributed by atoms with Gasteiger partial charge in [-0.3, -0.25) is 9.97 Å². The van der Waals surface area contributed by atoms with Gasteiger partial charge in [-0.25, -0.2) is 0 Å². The van der Waals surface area contributed by atoms with E-state index in [1.807, 2.05) is 6.07 Å². The summed E-state index contributed by atoms with van der Waals surface area (Å²) in [4.78, 5) is 8.67. The van der Waals surface area contributed by atoms with Crippen LogP contribution in [0.4, 0.5) is 5.69 Å². The minimum atomic E-state index is 0.367. The molecule has 0 radical (unpaired) electrons. The number of aromatic nitrogens is 2. The quantitative estimate of drug-likeness (QED) is 0.747. The second-order valence-electron chi connectivity index (χ2n) is 5.30.